The zero-order valence-corrected chi connectivity index (χ0v) is 16.7. The third-order valence-corrected chi connectivity index (χ3v) is 5.28. The number of piperidine rings is 1. The Balaban J connectivity index is 1.54. The van der Waals surface area contributed by atoms with E-state index in [0.717, 1.165) is 29.5 Å². The first-order chi connectivity index (χ1) is 14.1. The van der Waals surface area contributed by atoms with E-state index in [-0.39, 0.29) is 30.0 Å². The van der Waals surface area contributed by atoms with Crippen LogP contribution >= 0.6 is 0 Å². The maximum absolute atomic E-state index is 13.0. The van der Waals surface area contributed by atoms with Gasteiger partial charge in [-0.1, -0.05) is 36.4 Å². The molecule has 1 heterocycles. The Morgan fingerprint density at radius 2 is 1.86 bits per heavy atom. The van der Waals surface area contributed by atoms with Crippen LogP contribution in [0.5, 0.6) is 0 Å². The van der Waals surface area contributed by atoms with Crippen molar-refractivity contribution in [2.45, 2.75) is 32.4 Å². The van der Waals surface area contributed by atoms with E-state index in [0.29, 0.717) is 26.2 Å². The minimum atomic E-state index is -0.317. The number of rotatable bonds is 7. The van der Waals surface area contributed by atoms with E-state index in [4.69, 9.17) is 4.74 Å². The molecular weight excluding hydrogens is 371 g/mol. The molecule has 29 heavy (non-hydrogen) atoms. The van der Waals surface area contributed by atoms with Crippen LogP contribution in [0.15, 0.2) is 48.5 Å². The molecule has 0 spiro atoms. The van der Waals surface area contributed by atoms with Gasteiger partial charge in [0.05, 0.1) is 18.9 Å². The number of nitrogens with one attached hydrogen (secondary N) is 1. The highest BCUT2D eigenvalue weighted by Crippen LogP contribution is 2.19. The third-order valence-electron chi connectivity index (χ3n) is 5.28. The summed E-state index contributed by atoms with van der Waals surface area (Å²) < 4.78 is 18.2. The first-order valence-electron chi connectivity index (χ1n) is 9.92. The van der Waals surface area contributed by atoms with Gasteiger partial charge in [-0.2, -0.15) is 0 Å². The van der Waals surface area contributed by atoms with Crippen LogP contribution in [-0.2, 0) is 33.9 Å². The van der Waals surface area contributed by atoms with Crippen LogP contribution in [0.3, 0.4) is 0 Å². The number of ether oxygens (including phenoxy) is 1. The lowest BCUT2D eigenvalue weighted by molar-refractivity contribution is -0.135. The Kier molecular flexibility index (Phi) is 7.36. The van der Waals surface area contributed by atoms with E-state index < -0.39 is 0 Å². The third kappa shape index (κ3) is 5.87. The lowest BCUT2D eigenvalue weighted by atomic mass is 9.96. The smallest absolute Gasteiger partial charge is 0.227 e. The van der Waals surface area contributed by atoms with Crippen LogP contribution in [0.1, 0.15) is 29.5 Å². The number of methoxy groups -OCH3 is 1. The fourth-order valence-electron chi connectivity index (χ4n) is 3.66. The molecule has 1 aliphatic rings. The predicted molar refractivity (Wildman–Crippen MR) is 108 cm³/mol. The SMILES string of the molecule is COCc1ccccc1CNC(=O)[C@@H]1CCCN(C(=O)Cc2ccc(F)cc2)C1. The van der Waals surface area contributed by atoms with Crippen molar-refractivity contribution in [3.05, 3.63) is 71.0 Å². The van der Waals surface area contributed by atoms with Crippen molar-refractivity contribution < 1.29 is 18.7 Å². The van der Waals surface area contributed by atoms with E-state index in [1.807, 2.05) is 24.3 Å². The van der Waals surface area contributed by atoms with Crippen LogP contribution in [-0.4, -0.2) is 36.9 Å². The minimum Gasteiger partial charge on any atom is -0.380 e. The molecule has 5 nitrogen and oxygen atoms in total. The Morgan fingerprint density at radius 1 is 1.14 bits per heavy atom. The molecule has 0 aliphatic carbocycles. The quantitative estimate of drug-likeness (QED) is 0.780. The Morgan fingerprint density at radius 3 is 2.59 bits per heavy atom. The zero-order valence-electron chi connectivity index (χ0n) is 16.7. The van der Waals surface area contributed by atoms with Crippen molar-refractivity contribution in [2.75, 3.05) is 20.2 Å². The second-order valence-corrected chi connectivity index (χ2v) is 7.40. The number of carbonyl (C=O) groups is 2. The van der Waals surface area contributed by atoms with Crippen molar-refractivity contribution >= 4 is 11.8 Å². The van der Waals surface area contributed by atoms with Crippen molar-refractivity contribution in [1.82, 2.24) is 10.2 Å². The van der Waals surface area contributed by atoms with Gasteiger partial charge in [-0.3, -0.25) is 9.59 Å². The van der Waals surface area contributed by atoms with Gasteiger partial charge in [0.15, 0.2) is 0 Å². The van der Waals surface area contributed by atoms with Crippen molar-refractivity contribution in [3.8, 4) is 0 Å². The summed E-state index contributed by atoms with van der Waals surface area (Å²) >= 11 is 0. The minimum absolute atomic E-state index is 0.0282. The number of likely N-dealkylation sites (tertiary alicyclic amines) is 1. The number of carbonyl (C=O) groups excluding carboxylic acids is 2. The van der Waals surface area contributed by atoms with E-state index in [9.17, 15) is 14.0 Å². The second kappa shape index (κ2) is 10.2. The summed E-state index contributed by atoms with van der Waals surface area (Å²) in [5.41, 5.74) is 2.86. The summed E-state index contributed by atoms with van der Waals surface area (Å²) in [7, 11) is 1.65. The molecule has 6 heteroatoms. The highest BCUT2D eigenvalue weighted by Gasteiger charge is 2.28. The summed E-state index contributed by atoms with van der Waals surface area (Å²) in [4.78, 5) is 27.0. The predicted octanol–water partition coefficient (Wildman–Crippen LogP) is 3.07. The molecule has 1 N–H and O–H groups in total. The second-order valence-electron chi connectivity index (χ2n) is 7.40. The van der Waals surface area contributed by atoms with Gasteiger partial charge in [0.25, 0.3) is 0 Å². The molecule has 0 unspecified atom stereocenters. The molecule has 0 radical (unpaired) electrons. The summed E-state index contributed by atoms with van der Waals surface area (Å²) in [6.07, 6.45) is 1.79. The summed E-state index contributed by atoms with van der Waals surface area (Å²) in [5, 5.41) is 3.01. The first-order valence-corrected chi connectivity index (χ1v) is 9.92. The van der Waals surface area contributed by atoms with Gasteiger partial charge in [-0.05, 0) is 41.7 Å². The van der Waals surface area contributed by atoms with Crippen LogP contribution in [0, 0.1) is 11.7 Å². The Labute approximate surface area is 170 Å². The van der Waals surface area contributed by atoms with Crippen LogP contribution in [0.2, 0.25) is 0 Å². The molecule has 1 fully saturated rings. The fraction of sp³-hybridized carbons (Fsp3) is 0.391. The van der Waals surface area contributed by atoms with Crippen LogP contribution in [0.4, 0.5) is 4.39 Å². The number of hydrogen-bond donors (Lipinski definition) is 1. The molecule has 0 aromatic heterocycles. The maximum Gasteiger partial charge on any atom is 0.227 e. The number of amides is 2. The normalized spacial score (nSPS) is 16.5. The molecule has 1 atom stereocenters. The monoisotopic (exact) mass is 398 g/mol. The van der Waals surface area contributed by atoms with E-state index in [2.05, 4.69) is 5.32 Å². The first kappa shape index (κ1) is 21.0. The van der Waals surface area contributed by atoms with Crippen LogP contribution < -0.4 is 5.32 Å². The van der Waals surface area contributed by atoms with Crippen molar-refractivity contribution in [2.24, 2.45) is 5.92 Å². The molecule has 2 aromatic rings. The largest absolute Gasteiger partial charge is 0.380 e. The molecule has 154 valence electrons. The van der Waals surface area contributed by atoms with Crippen molar-refractivity contribution in [3.63, 3.8) is 0 Å². The molecular formula is C23H27FN2O3. The highest BCUT2D eigenvalue weighted by molar-refractivity contribution is 5.82. The van der Waals surface area contributed by atoms with E-state index >= 15 is 0 Å². The standard InChI is InChI=1S/C23H27FN2O3/c1-29-16-20-6-3-2-5-18(20)14-25-23(28)19-7-4-12-26(15-19)22(27)13-17-8-10-21(24)11-9-17/h2-3,5-6,8-11,19H,4,7,12-16H2,1H3,(H,25,28)/t19-/m1/s1. The highest BCUT2D eigenvalue weighted by atomic mass is 19.1. The molecule has 0 bridgehead atoms. The number of benzene rings is 2. The van der Waals surface area contributed by atoms with Gasteiger partial charge < -0.3 is 15.0 Å². The number of hydrogen-bond acceptors (Lipinski definition) is 3. The van der Waals surface area contributed by atoms with Gasteiger partial charge in [0.1, 0.15) is 5.82 Å². The van der Waals surface area contributed by atoms with Crippen molar-refractivity contribution in [1.29, 1.82) is 0 Å². The zero-order chi connectivity index (χ0) is 20.6. The van der Waals surface area contributed by atoms with E-state index in [1.165, 1.54) is 12.1 Å². The lowest BCUT2D eigenvalue weighted by Crippen LogP contribution is -2.45. The molecule has 3 rings (SSSR count). The number of halogens is 1. The van der Waals surface area contributed by atoms with Gasteiger partial charge >= 0.3 is 0 Å². The van der Waals surface area contributed by atoms with Gasteiger partial charge in [-0.25, -0.2) is 4.39 Å². The average molecular weight is 398 g/mol. The maximum atomic E-state index is 13.0. The molecule has 2 amide bonds. The molecule has 2 aromatic carbocycles. The summed E-state index contributed by atoms with van der Waals surface area (Å²) in [6, 6.07) is 13.8. The average Bonchev–Trinajstić information content (AvgIpc) is 2.75. The molecule has 0 saturated carbocycles. The lowest BCUT2D eigenvalue weighted by Gasteiger charge is -2.32. The molecule has 1 saturated heterocycles. The Hall–Kier alpha value is -2.73. The fourth-order valence-corrected chi connectivity index (χ4v) is 3.66. The topological polar surface area (TPSA) is 58.6 Å². The summed E-state index contributed by atoms with van der Waals surface area (Å²) in [5.74, 6) is -0.588. The Bertz CT molecular complexity index is 838. The number of nitrogens with zero attached hydrogens (tertiary/aromatic N) is 1. The van der Waals surface area contributed by atoms with Gasteiger partial charge in [-0.15, -0.1) is 0 Å². The van der Waals surface area contributed by atoms with E-state index in [1.54, 1.807) is 24.1 Å². The van der Waals surface area contributed by atoms with Gasteiger partial charge in [0, 0.05) is 26.7 Å². The molecule has 1 aliphatic heterocycles. The van der Waals surface area contributed by atoms with Gasteiger partial charge in [0.2, 0.25) is 11.8 Å². The van der Waals surface area contributed by atoms with Crippen LogP contribution in [0.25, 0.3) is 0 Å². The summed E-state index contributed by atoms with van der Waals surface area (Å²) in [6.45, 7) is 2.02.